The van der Waals surface area contributed by atoms with Crippen LogP contribution in [0.5, 0.6) is 11.6 Å². The summed E-state index contributed by atoms with van der Waals surface area (Å²) < 4.78 is 8.21. The molecule has 0 bridgehead atoms. The van der Waals surface area contributed by atoms with Crippen LogP contribution in [0.25, 0.3) is 11.4 Å². The summed E-state index contributed by atoms with van der Waals surface area (Å²) >= 11 is 0. The fraction of sp³-hybridized carbons (Fsp3) is 0.435. The Morgan fingerprint density at radius 2 is 1.79 bits per heavy atom. The first-order valence-electron chi connectivity index (χ1n) is 10.6. The van der Waals surface area contributed by atoms with Crippen molar-refractivity contribution in [2.45, 2.75) is 52.5 Å². The molecule has 1 fully saturated rings. The molecule has 1 saturated heterocycles. The van der Waals surface area contributed by atoms with Crippen LogP contribution in [-0.2, 0) is 12.8 Å². The van der Waals surface area contributed by atoms with Crippen molar-refractivity contribution in [3.8, 4) is 23.0 Å². The van der Waals surface area contributed by atoms with Gasteiger partial charge in [0.2, 0.25) is 5.88 Å². The molecular weight excluding hydrogens is 362 g/mol. The molecule has 0 radical (unpaired) electrons. The molecule has 0 unspecified atom stereocenters. The van der Waals surface area contributed by atoms with Crippen molar-refractivity contribution in [3.05, 3.63) is 53.2 Å². The van der Waals surface area contributed by atoms with E-state index in [2.05, 4.69) is 52.4 Å². The topological polar surface area (TPSA) is 64.9 Å². The van der Waals surface area contributed by atoms with Crippen LogP contribution in [0.1, 0.15) is 49.6 Å². The third-order valence-electron chi connectivity index (χ3n) is 5.55. The van der Waals surface area contributed by atoms with Gasteiger partial charge in [0.25, 0.3) is 0 Å². The number of aryl methyl sites for hydroxylation is 3. The average Bonchev–Trinajstić information content (AvgIpc) is 3.15. The van der Waals surface area contributed by atoms with E-state index >= 15 is 0 Å². The van der Waals surface area contributed by atoms with Crippen molar-refractivity contribution in [2.75, 3.05) is 13.1 Å². The van der Waals surface area contributed by atoms with Gasteiger partial charge >= 0.3 is 0 Å². The van der Waals surface area contributed by atoms with E-state index in [-0.39, 0.29) is 0 Å². The molecule has 6 nitrogen and oxygen atoms in total. The van der Waals surface area contributed by atoms with Gasteiger partial charge in [-0.2, -0.15) is 0 Å². The lowest BCUT2D eigenvalue weighted by molar-refractivity contribution is 0.340. The molecule has 1 aromatic carbocycles. The molecule has 3 heterocycles. The number of nitrogens with one attached hydrogen (secondary N) is 1. The number of pyridine rings is 1. The Kier molecular flexibility index (Phi) is 5.90. The van der Waals surface area contributed by atoms with Gasteiger partial charge in [0.1, 0.15) is 11.4 Å². The van der Waals surface area contributed by atoms with Crippen LogP contribution in [0.15, 0.2) is 36.4 Å². The number of aromatic nitrogens is 4. The van der Waals surface area contributed by atoms with Gasteiger partial charge in [0, 0.05) is 6.07 Å². The molecule has 0 atom stereocenters. The zero-order valence-corrected chi connectivity index (χ0v) is 17.5. The van der Waals surface area contributed by atoms with Crippen molar-refractivity contribution in [1.82, 2.24) is 25.3 Å². The number of nitrogens with zero attached hydrogens (tertiary/aromatic N) is 4. The number of benzene rings is 1. The molecule has 4 rings (SSSR count). The fourth-order valence-corrected chi connectivity index (χ4v) is 3.90. The number of ether oxygens (including phenoxy) is 1. The van der Waals surface area contributed by atoms with Crippen LogP contribution in [-0.4, -0.2) is 33.1 Å². The van der Waals surface area contributed by atoms with E-state index in [4.69, 9.17) is 9.72 Å². The summed E-state index contributed by atoms with van der Waals surface area (Å²) in [4.78, 5) is 4.80. The Morgan fingerprint density at radius 1 is 1.07 bits per heavy atom. The molecule has 1 N–H and O–H groups in total. The normalized spacial score (nSPS) is 14.9. The lowest BCUT2D eigenvalue weighted by atomic mass is 10.1. The molecule has 2 aromatic heterocycles. The molecule has 0 aliphatic carbocycles. The van der Waals surface area contributed by atoms with Crippen molar-refractivity contribution in [3.63, 3.8) is 0 Å². The highest BCUT2D eigenvalue weighted by molar-refractivity contribution is 5.58. The Balaban J connectivity index is 1.64. The summed E-state index contributed by atoms with van der Waals surface area (Å²) in [6.45, 7) is 8.33. The van der Waals surface area contributed by atoms with Crippen LogP contribution in [0.3, 0.4) is 0 Å². The Bertz CT molecular complexity index is 953. The van der Waals surface area contributed by atoms with Crippen LogP contribution < -0.4 is 10.1 Å². The molecule has 1 aliphatic heterocycles. The van der Waals surface area contributed by atoms with Gasteiger partial charge in [-0.25, -0.2) is 9.67 Å². The molecule has 0 spiro atoms. The molecule has 1 aliphatic rings. The van der Waals surface area contributed by atoms with Crippen molar-refractivity contribution in [1.29, 1.82) is 0 Å². The van der Waals surface area contributed by atoms with Crippen LogP contribution in [0.2, 0.25) is 0 Å². The zero-order chi connectivity index (χ0) is 20.2. The van der Waals surface area contributed by atoms with E-state index in [9.17, 15) is 0 Å². The van der Waals surface area contributed by atoms with Gasteiger partial charge in [0.15, 0.2) is 0 Å². The Labute approximate surface area is 172 Å². The molecule has 0 saturated carbocycles. The summed E-state index contributed by atoms with van der Waals surface area (Å²) in [5, 5.41) is 12.2. The SMILES string of the molecule is CCc1cc(CC)cc(Oc2cccc(-c3c(C)nnn3C3CCNCC3)n2)c1. The monoisotopic (exact) mass is 391 g/mol. The Morgan fingerprint density at radius 3 is 2.48 bits per heavy atom. The highest BCUT2D eigenvalue weighted by Gasteiger charge is 2.22. The van der Waals surface area contributed by atoms with Crippen molar-refractivity contribution >= 4 is 0 Å². The van der Waals surface area contributed by atoms with Crippen molar-refractivity contribution in [2.24, 2.45) is 0 Å². The lowest BCUT2D eigenvalue weighted by Gasteiger charge is -2.24. The summed E-state index contributed by atoms with van der Waals surface area (Å²) in [6.07, 6.45) is 4.07. The summed E-state index contributed by atoms with van der Waals surface area (Å²) in [5.41, 5.74) is 5.29. The predicted octanol–water partition coefficient (Wildman–Crippen LogP) is 4.49. The highest BCUT2D eigenvalue weighted by atomic mass is 16.5. The first kappa shape index (κ1) is 19.6. The predicted molar refractivity (Wildman–Crippen MR) is 114 cm³/mol. The standard InChI is InChI=1S/C23H29N5O/c1-4-17-13-18(5-2)15-20(14-17)29-22-8-6-7-21(25-22)23-16(3)26-27-28(23)19-9-11-24-12-10-19/h6-8,13-15,19,24H,4-5,9-12H2,1-3H3. The van der Waals surface area contributed by atoms with E-state index in [1.165, 1.54) is 11.1 Å². The lowest BCUT2D eigenvalue weighted by Crippen LogP contribution is -2.30. The van der Waals surface area contributed by atoms with Gasteiger partial charge in [-0.1, -0.05) is 31.2 Å². The van der Waals surface area contributed by atoms with E-state index in [1.807, 2.05) is 25.1 Å². The summed E-state index contributed by atoms with van der Waals surface area (Å²) in [5.74, 6) is 1.43. The van der Waals surface area contributed by atoms with Gasteiger partial charge in [0.05, 0.1) is 17.4 Å². The maximum absolute atomic E-state index is 6.16. The number of hydrogen-bond donors (Lipinski definition) is 1. The number of piperidine rings is 1. The third kappa shape index (κ3) is 4.32. The quantitative estimate of drug-likeness (QED) is 0.671. The van der Waals surface area contributed by atoms with Crippen LogP contribution in [0.4, 0.5) is 0 Å². The second kappa shape index (κ2) is 8.74. The smallest absolute Gasteiger partial charge is 0.219 e. The molecule has 3 aromatic rings. The van der Waals surface area contributed by atoms with Crippen LogP contribution in [0, 0.1) is 6.92 Å². The van der Waals surface area contributed by atoms with Gasteiger partial charge in [-0.05, 0) is 75.0 Å². The highest BCUT2D eigenvalue weighted by Crippen LogP contribution is 2.30. The van der Waals surface area contributed by atoms with E-state index < -0.39 is 0 Å². The Hall–Kier alpha value is -2.73. The van der Waals surface area contributed by atoms with Gasteiger partial charge < -0.3 is 10.1 Å². The second-order valence-electron chi connectivity index (χ2n) is 7.60. The largest absolute Gasteiger partial charge is 0.439 e. The molecule has 152 valence electrons. The molecule has 0 amide bonds. The molecule has 29 heavy (non-hydrogen) atoms. The minimum Gasteiger partial charge on any atom is -0.439 e. The maximum Gasteiger partial charge on any atom is 0.219 e. The first-order chi connectivity index (χ1) is 14.2. The molecule has 6 heteroatoms. The average molecular weight is 392 g/mol. The van der Waals surface area contributed by atoms with Crippen molar-refractivity contribution < 1.29 is 4.74 Å². The van der Waals surface area contributed by atoms with E-state index in [1.54, 1.807) is 0 Å². The number of hydrogen-bond acceptors (Lipinski definition) is 5. The number of rotatable bonds is 6. The first-order valence-corrected chi connectivity index (χ1v) is 10.6. The summed E-state index contributed by atoms with van der Waals surface area (Å²) in [6, 6.07) is 12.7. The fourth-order valence-electron chi connectivity index (χ4n) is 3.90. The van der Waals surface area contributed by atoms with Gasteiger partial charge in [-0.3, -0.25) is 0 Å². The minimum absolute atomic E-state index is 0.354. The maximum atomic E-state index is 6.16. The third-order valence-corrected chi connectivity index (χ3v) is 5.55. The molecular formula is C23H29N5O. The second-order valence-corrected chi connectivity index (χ2v) is 7.60. The van der Waals surface area contributed by atoms with E-state index in [0.717, 1.165) is 61.6 Å². The van der Waals surface area contributed by atoms with Gasteiger partial charge in [-0.15, -0.1) is 5.10 Å². The zero-order valence-electron chi connectivity index (χ0n) is 17.5. The minimum atomic E-state index is 0.354. The van der Waals surface area contributed by atoms with Crippen LogP contribution >= 0.6 is 0 Å². The van der Waals surface area contributed by atoms with E-state index in [0.29, 0.717) is 11.9 Å². The summed E-state index contributed by atoms with van der Waals surface area (Å²) in [7, 11) is 0.